The number of carbonyl (C=O) groups is 3. The topological polar surface area (TPSA) is 91.4 Å². The zero-order valence-corrected chi connectivity index (χ0v) is 21.1. The Bertz CT molecular complexity index is 1190. The highest BCUT2D eigenvalue weighted by Gasteiger charge is 2.48. The highest BCUT2D eigenvalue weighted by molar-refractivity contribution is 5.98. The molecule has 2 N–H and O–H groups in total. The first-order valence-corrected chi connectivity index (χ1v) is 12.6. The van der Waals surface area contributed by atoms with Crippen molar-refractivity contribution in [2.75, 3.05) is 19.6 Å². The molecule has 2 saturated heterocycles. The predicted molar refractivity (Wildman–Crippen MR) is 130 cm³/mol. The lowest BCUT2D eigenvalue weighted by atomic mass is 9.63. The molecule has 38 heavy (non-hydrogen) atoms. The number of aromatic nitrogens is 1. The van der Waals surface area contributed by atoms with Crippen molar-refractivity contribution in [2.24, 2.45) is 11.3 Å². The number of piperidine rings is 2. The largest absolute Gasteiger partial charge is 0.416 e. The molecule has 204 valence electrons. The molecule has 2 atom stereocenters. The Labute approximate surface area is 218 Å². The second-order valence-corrected chi connectivity index (χ2v) is 10.4. The minimum atomic E-state index is -4.75. The quantitative estimate of drug-likeness (QED) is 0.570. The van der Waals surface area contributed by atoms with Crippen LogP contribution in [0.2, 0.25) is 0 Å². The lowest BCUT2D eigenvalue weighted by Crippen LogP contribution is -2.57. The molecule has 11 heteroatoms. The van der Waals surface area contributed by atoms with Gasteiger partial charge in [-0.25, -0.2) is 4.39 Å². The van der Waals surface area contributed by atoms with Gasteiger partial charge in [0.05, 0.1) is 11.1 Å². The average molecular weight is 535 g/mol. The van der Waals surface area contributed by atoms with Gasteiger partial charge in [-0.2, -0.15) is 13.2 Å². The van der Waals surface area contributed by atoms with E-state index in [0.717, 1.165) is 5.69 Å². The van der Waals surface area contributed by atoms with Crippen molar-refractivity contribution in [1.82, 2.24) is 20.5 Å². The van der Waals surface area contributed by atoms with E-state index in [1.54, 1.807) is 24.9 Å². The van der Waals surface area contributed by atoms with Gasteiger partial charge in [-0.1, -0.05) is 19.9 Å². The molecule has 2 aliphatic rings. The fraction of sp³-hybridized carbons (Fsp3) is 0.481. The van der Waals surface area contributed by atoms with Gasteiger partial charge in [0.15, 0.2) is 0 Å². The van der Waals surface area contributed by atoms with Gasteiger partial charge in [0, 0.05) is 43.9 Å². The summed E-state index contributed by atoms with van der Waals surface area (Å²) in [5.74, 6) is -3.06. The molecule has 1 aromatic carbocycles. The van der Waals surface area contributed by atoms with Gasteiger partial charge in [-0.05, 0) is 54.5 Å². The molecular weight excluding hydrogens is 504 g/mol. The van der Waals surface area contributed by atoms with Crippen LogP contribution in [0.3, 0.4) is 0 Å². The molecule has 0 saturated carbocycles. The van der Waals surface area contributed by atoms with Gasteiger partial charge in [0.25, 0.3) is 5.91 Å². The van der Waals surface area contributed by atoms with Crippen LogP contribution >= 0.6 is 0 Å². The second kappa shape index (κ2) is 10.7. The van der Waals surface area contributed by atoms with Crippen molar-refractivity contribution in [3.63, 3.8) is 0 Å². The molecule has 2 fully saturated rings. The second-order valence-electron chi connectivity index (χ2n) is 10.4. The molecule has 3 amide bonds. The number of nitrogens with zero attached hydrogens (tertiary/aromatic N) is 2. The number of hydrogen-bond donors (Lipinski definition) is 2. The van der Waals surface area contributed by atoms with E-state index in [1.165, 1.54) is 0 Å². The van der Waals surface area contributed by atoms with Crippen LogP contribution < -0.4 is 10.6 Å². The van der Waals surface area contributed by atoms with Crippen molar-refractivity contribution in [3.05, 3.63) is 65.2 Å². The minimum Gasteiger partial charge on any atom is -0.355 e. The summed E-state index contributed by atoms with van der Waals surface area (Å²) in [6.45, 7) is 4.52. The monoisotopic (exact) mass is 534 g/mol. The average Bonchev–Trinajstić information content (AvgIpc) is 2.87. The number of halogens is 4. The molecule has 3 heterocycles. The lowest BCUT2D eigenvalue weighted by molar-refractivity contribution is -0.139. The molecule has 1 spiro atoms. The first-order valence-electron chi connectivity index (χ1n) is 12.6. The summed E-state index contributed by atoms with van der Waals surface area (Å²) >= 11 is 0. The summed E-state index contributed by atoms with van der Waals surface area (Å²) in [4.78, 5) is 44.7. The Kier molecular flexibility index (Phi) is 7.75. The van der Waals surface area contributed by atoms with E-state index in [4.69, 9.17) is 0 Å². The maximum atomic E-state index is 14.3. The summed E-state index contributed by atoms with van der Waals surface area (Å²) in [5, 5.41) is 5.37. The zero-order valence-electron chi connectivity index (χ0n) is 21.1. The van der Waals surface area contributed by atoms with Gasteiger partial charge < -0.3 is 15.5 Å². The fourth-order valence-electron chi connectivity index (χ4n) is 5.44. The van der Waals surface area contributed by atoms with Crippen LogP contribution in [-0.4, -0.2) is 53.3 Å². The third-order valence-electron chi connectivity index (χ3n) is 7.63. The molecule has 2 aromatic rings. The molecule has 0 radical (unpaired) electrons. The summed E-state index contributed by atoms with van der Waals surface area (Å²) in [5.41, 5.74) is -1.42. The van der Waals surface area contributed by atoms with E-state index in [2.05, 4.69) is 15.6 Å². The van der Waals surface area contributed by atoms with Crippen LogP contribution in [-0.2, 0) is 15.8 Å². The number of alkyl halides is 3. The number of nitrogens with one attached hydrogen (secondary N) is 2. The van der Waals surface area contributed by atoms with E-state index < -0.39 is 46.9 Å². The van der Waals surface area contributed by atoms with Crippen LogP contribution in [0.25, 0.3) is 0 Å². The van der Waals surface area contributed by atoms with Crippen LogP contribution in [0.5, 0.6) is 0 Å². The molecular formula is C27H30F4N4O3. The molecule has 1 unspecified atom stereocenters. The van der Waals surface area contributed by atoms with Crippen molar-refractivity contribution < 1.29 is 31.9 Å². The van der Waals surface area contributed by atoms with Crippen molar-refractivity contribution >= 4 is 17.7 Å². The van der Waals surface area contributed by atoms with Gasteiger partial charge in [-0.15, -0.1) is 0 Å². The van der Waals surface area contributed by atoms with Crippen LogP contribution in [0.4, 0.5) is 17.6 Å². The Morgan fingerprint density at radius 1 is 1.16 bits per heavy atom. The highest BCUT2D eigenvalue weighted by atomic mass is 19.4. The van der Waals surface area contributed by atoms with Crippen molar-refractivity contribution in [3.8, 4) is 0 Å². The SMILES string of the molecule is CC(C)[C@@H](NC(=O)c1cc(C(F)(F)F)ccc1F)C(=O)N1CCC2(CC1)CC(=O)NCC2c1ccccn1. The minimum absolute atomic E-state index is 0.0110. The number of likely N-dealkylation sites (tertiary alicyclic amines) is 1. The lowest BCUT2D eigenvalue weighted by Gasteiger charge is -2.49. The molecule has 4 rings (SSSR count). The van der Waals surface area contributed by atoms with Crippen LogP contribution in [0.1, 0.15) is 60.6 Å². The Morgan fingerprint density at radius 2 is 1.87 bits per heavy atom. The first kappa shape index (κ1) is 27.5. The first-order chi connectivity index (χ1) is 17.9. The van der Waals surface area contributed by atoms with E-state index in [-0.39, 0.29) is 17.2 Å². The summed E-state index contributed by atoms with van der Waals surface area (Å²) in [6.07, 6.45) is -1.62. The van der Waals surface area contributed by atoms with Gasteiger partial charge >= 0.3 is 6.18 Å². The Balaban J connectivity index is 1.48. The number of pyridine rings is 1. The molecule has 7 nitrogen and oxygen atoms in total. The maximum Gasteiger partial charge on any atom is 0.416 e. The van der Waals surface area contributed by atoms with Gasteiger partial charge in [0.1, 0.15) is 11.9 Å². The maximum absolute atomic E-state index is 14.3. The van der Waals surface area contributed by atoms with E-state index in [9.17, 15) is 31.9 Å². The molecule has 0 bridgehead atoms. The number of hydrogen-bond acceptors (Lipinski definition) is 4. The zero-order chi connectivity index (χ0) is 27.7. The van der Waals surface area contributed by atoms with E-state index in [1.807, 2.05) is 18.2 Å². The van der Waals surface area contributed by atoms with Gasteiger partial charge in [-0.3, -0.25) is 19.4 Å². The molecule has 0 aliphatic carbocycles. The van der Waals surface area contributed by atoms with E-state index >= 15 is 0 Å². The smallest absolute Gasteiger partial charge is 0.355 e. The number of benzene rings is 1. The number of carbonyl (C=O) groups excluding carboxylic acids is 3. The summed E-state index contributed by atoms with van der Waals surface area (Å²) < 4.78 is 53.5. The van der Waals surface area contributed by atoms with Crippen LogP contribution in [0, 0.1) is 17.2 Å². The summed E-state index contributed by atoms with van der Waals surface area (Å²) in [6, 6.07) is 6.18. The van der Waals surface area contributed by atoms with E-state index in [0.29, 0.717) is 57.1 Å². The Hall–Kier alpha value is -3.50. The van der Waals surface area contributed by atoms with Crippen molar-refractivity contribution in [2.45, 2.75) is 51.2 Å². The fourth-order valence-corrected chi connectivity index (χ4v) is 5.44. The molecule has 2 aliphatic heterocycles. The standard InChI is InChI=1S/C27H30F4N4O3/c1-16(2)23(34-24(37)18-13-17(27(29,30)31)6-7-20(18)28)25(38)35-11-8-26(9-12-35)14-22(36)33-15-19(26)21-5-3-4-10-32-21/h3-7,10,13,16,19,23H,8-9,11-12,14-15H2,1-2H3,(H,33,36)(H,34,37)/t19?,23-/m1/s1. The Morgan fingerprint density at radius 3 is 2.47 bits per heavy atom. The van der Waals surface area contributed by atoms with Crippen molar-refractivity contribution in [1.29, 1.82) is 0 Å². The normalized spacial score (nSPS) is 20.2. The summed E-state index contributed by atoms with van der Waals surface area (Å²) in [7, 11) is 0. The number of rotatable bonds is 5. The third kappa shape index (κ3) is 5.66. The number of amides is 3. The third-order valence-corrected chi connectivity index (χ3v) is 7.63. The van der Waals surface area contributed by atoms with Crippen LogP contribution in [0.15, 0.2) is 42.6 Å². The van der Waals surface area contributed by atoms with Gasteiger partial charge in [0.2, 0.25) is 11.8 Å². The highest BCUT2D eigenvalue weighted by Crippen LogP contribution is 2.48. The predicted octanol–water partition coefficient (Wildman–Crippen LogP) is 3.91. The molecule has 1 aromatic heterocycles.